The third kappa shape index (κ3) is 4.62. The third-order valence-corrected chi connectivity index (χ3v) is 4.54. The van der Waals surface area contributed by atoms with Crippen LogP contribution < -0.4 is 10.2 Å². The van der Waals surface area contributed by atoms with Gasteiger partial charge >= 0.3 is 0 Å². The normalized spacial score (nSPS) is 25.0. The first-order chi connectivity index (χ1) is 11.6. The van der Waals surface area contributed by atoms with Crippen LogP contribution in [-0.2, 0) is 9.53 Å². The van der Waals surface area contributed by atoms with Crippen LogP contribution in [-0.4, -0.2) is 84.0 Å². The van der Waals surface area contributed by atoms with E-state index in [0.717, 1.165) is 32.8 Å². The number of rotatable bonds is 6. The number of nitrogens with one attached hydrogen (secondary N) is 1. The Labute approximate surface area is 141 Å². The number of morpholine rings is 1. The van der Waals surface area contributed by atoms with E-state index in [0.29, 0.717) is 31.9 Å². The van der Waals surface area contributed by atoms with Crippen molar-refractivity contribution in [1.82, 2.24) is 20.2 Å². The number of anilines is 1. The molecular formula is C16H25N5O3. The maximum Gasteiger partial charge on any atom is 0.225 e. The van der Waals surface area contributed by atoms with Crippen molar-refractivity contribution in [3.05, 3.63) is 18.5 Å². The predicted molar refractivity (Wildman–Crippen MR) is 88.7 cm³/mol. The molecule has 0 spiro atoms. The number of ether oxygens (including phenoxy) is 1. The van der Waals surface area contributed by atoms with Gasteiger partial charge in [-0.2, -0.15) is 0 Å². The number of aromatic nitrogens is 2. The molecule has 132 valence electrons. The fourth-order valence-corrected chi connectivity index (χ4v) is 3.06. The molecule has 8 heteroatoms. The summed E-state index contributed by atoms with van der Waals surface area (Å²) in [5, 5.41) is 13.5. The summed E-state index contributed by atoms with van der Waals surface area (Å²) in [6.45, 7) is 5.34. The van der Waals surface area contributed by atoms with E-state index >= 15 is 0 Å². The second-order valence-electron chi connectivity index (χ2n) is 6.43. The Hall–Kier alpha value is -1.77. The zero-order valence-electron chi connectivity index (χ0n) is 13.9. The molecule has 1 aromatic heterocycles. The summed E-state index contributed by atoms with van der Waals surface area (Å²) in [4.78, 5) is 24.6. The Morgan fingerprint density at radius 2 is 2.04 bits per heavy atom. The van der Waals surface area contributed by atoms with Crippen molar-refractivity contribution < 1.29 is 14.6 Å². The number of hydrogen-bond donors (Lipinski definition) is 2. The minimum absolute atomic E-state index is 0.0238. The van der Waals surface area contributed by atoms with Gasteiger partial charge in [0.2, 0.25) is 11.9 Å². The van der Waals surface area contributed by atoms with Crippen molar-refractivity contribution in [2.75, 3.05) is 57.4 Å². The highest BCUT2D eigenvalue weighted by Crippen LogP contribution is 2.23. The first-order valence-electron chi connectivity index (χ1n) is 8.46. The molecule has 0 radical (unpaired) electrons. The van der Waals surface area contributed by atoms with Gasteiger partial charge in [-0.15, -0.1) is 0 Å². The van der Waals surface area contributed by atoms with E-state index in [1.807, 2.05) is 4.90 Å². The van der Waals surface area contributed by atoms with Gasteiger partial charge in [0.1, 0.15) is 5.60 Å². The number of nitrogens with zero attached hydrogens (tertiary/aromatic N) is 4. The smallest absolute Gasteiger partial charge is 0.225 e. The van der Waals surface area contributed by atoms with Gasteiger partial charge in [0.05, 0.1) is 19.8 Å². The zero-order chi connectivity index (χ0) is 16.8. The molecule has 2 fully saturated rings. The van der Waals surface area contributed by atoms with E-state index in [1.54, 1.807) is 18.5 Å². The van der Waals surface area contributed by atoms with Gasteiger partial charge in [-0.3, -0.25) is 9.69 Å². The number of carbonyl (C=O) groups excluding carboxylic acids is 1. The van der Waals surface area contributed by atoms with Crippen molar-refractivity contribution in [3.63, 3.8) is 0 Å². The Balaban J connectivity index is 1.40. The lowest BCUT2D eigenvalue weighted by atomic mass is 10.0. The number of carbonyl (C=O) groups is 1. The van der Waals surface area contributed by atoms with Crippen LogP contribution >= 0.6 is 0 Å². The van der Waals surface area contributed by atoms with E-state index < -0.39 is 5.60 Å². The standard InChI is InChI=1S/C16H25N5O3/c22-14(2-6-20-8-10-24-11-9-20)19-12-16(23)3-7-21(13-16)15-17-4-1-5-18-15/h1,4-5,23H,2-3,6-13H2,(H,19,22)/t16-/m1/s1. The van der Waals surface area contributed by atoms with Gasteiger partial charge in [0, 0.05) is 51.5 Å². The fraction of sp³-hybridized carbons (Fsp3) is 0.688. The quantitative estimate of drug-likeness (QED) is 0.707. The molecule has 0 bridgehead atoms. The molecule has 0 aromatic carbocycles. The molecule has 2 saturated heterocycles. The van der Waals surface area contributed by atoms with Crippen molar-refractivity contribution in [2.45, 2.75) is 18.4 Å². The van der Waals surface area contributed by atoms with Gasteiger partial charge in [0.25, 0.3) is 0 Å². The fourth-order valence-electron chi connectivity index (χ4n) is 3.06. The molecule has 2 aliphatic rings. The molecule has 3 rings (SSSR count). The molecule has 3 heterocycles. The summed E-state index contributed by atoms with van der Waals surface area (Å²) in [5.74, 6) is 0.594. The van der Waals surface area contributed by atoms with E-state index in [4.69, 9.17) is 4.74 Å². The Bertz CT molecular complexity index is 538. The molecule has 24 heavy (non-hydrogen) atoms. The maximum atomic E-state index is 12.0. The van der Waals surface area contributed by atoms with E-state index in [-0.39, 0.29) is 12.5 Å². The average Bonchev–Trinajstić information content (AvgIpc) is 3.03. The summed E-state index contributed by atoms with van der Waals surface area (Å²) in [5.41, 5.74) is -0.923. The van der Waals surface area contributed by atoms with Crippen LogP contribution in [0.5, 0.6) is 0 Å². The molecule has 1 atom stereocenters. The lowest BCUT2D eigenvalue weighted by Gasteiger charge is -2.27. The highest BCUT2D eigenvalue weighted by Gasteiger charge is 2.37. The topological polar surface area (TPSA) is 90.8 Å². The van der Waals surface area contributed by atoms with Crippen LogP contribution in [0.2, 0.25) is 0 Å². The van der Waals surface area contributed by atoms with Gasteiger partial charge in [-0.25, -0.2) is 9.97 Å². The summed E-state index contributed by atoms with van der Waals surface area (Å²) in [7, 11) is 0. The first-order valence-corrected chi connectivity index (χ1v) is 8.46. The van der Waals surface area contributed by atoms with Crippen LogP contribution in [0, 0.1) is 0 Å². The lowest BCUT2D eigenvalue weighted by Crippen LogP contribution is -2.46. The average molecular weight is 335 g/mol. The van der Waals surface area contributed by atoms with Crippen molar-refractivity contribution in [1.29, 1.82) is 0 Å². The van der Waals surface area contributed by atoms with Crippen molar-refractivity contribution >= 4 is 11.9 Å². The molecule has 8 nitrogen and oxygen atoms in total. The monoisotopic (exact) mass is 335 g/mol. The van der Waals surface area contributed by atoms with E-state index in [1.165, 1.54) is 0 Å². The second-order valence-corrected chi connectivity index (χ2v) is 6.43. The zero-order valence-corrected chi connectivity index (χ0v) is 13.9. The molecule has 0 saturated carbocycles. The van der Waals surface area contributed by atoms with Gasteiger partial charge in [-0.1, -0.05) is 0 Å². The number of hydrogen-bond acceptors (Lipinski definition) is 7. The largest absolute Gasteiger partial charge is 0.386 e. The van der Waals surface area contributed by atoms with E-state index in [9.17, 15) is 9.90 Å². The Kier molecular flexibility index (Phi) is 5.60. The molecule has 1 amide bonds. The SMILES string of the molecule is O=C(CCN1CCOCC1)NC[C@]1(O)CCN(c2ncccn2)C1. The lowest BCUT2D eigenvalue weighted by molar-refractivity contribution is -0.122. The molecule has 2 aliphatic heterocycles. The number of amides is 1. The van der Waals surface area contributed by atoms with Gasteiger partial charge in [0.15, 0.2) is 0 Å². The number of β-amino-alcohol motifs (C(OH)–C–C–N with tert-alkyl or cyclic N) is 1. The van der Waals surface area contributed by atoms with E-state index in [2.05, 4.69) is 20.2 Å². The highest BCUT2D eigenvalue weighted by molar-refractivity contribution is 5.76. The third-order valence-electron chi connectivity index (χ3n) is 4.54. The second kappa shape index (κ2) is 7.87. The summed E-state index contributed by atoms with van der Waals surface area (Å²) >= 11 is 0. The van der Waals surface area contributed by atoms with Crippen LogP contribution in [0.3, 0.4) is 0 Å². The van der Waals surface area contributed by atoms with Crippen LogP contribution in [0.15, 0.2) is 18.5 Å². The minimum Gasteiger partial charge on any atom is -0.386 e. The summed E-state index contributed by atoms with van der Waals surface area (Å²) in [6, 6.07) is 1.76. The Morgan fingerprint density at radius 3 is 2.79 bits per heavy atom. The maximum absolute atomic E-state index is 12.0. The summed E-state index contributed by atoms with van der Waals surface area (Å²) in [6.07, 6.45) is 4.41. The molecule has 0 aliphatic carbocycles. The van der Waals surface area contributed by atoms with Crippen LogP contribution in [0.1, 0.15) is 12.8 Å². The molecule has 1 aromatic rings. The molecular weight excluding hydrogens is 310 g/mol. The number of aliphatic hydroxyl groups is 1. The molecule has 0 unspecified atom stereocenters. The minimum atomic E-state index is -0.923. The molecule has 2 N–H and O–H groups in total. The predicted octanol–water partition coefficient (Wildman–Crippen LogP) is -0.744. The van der Waals surface area contributed by atoms with Crippen LogP contribution in [0.25, 0.3) is 0 Å². The van der Waals surface area contributed by atoms with Crippen molar-refractivity contribution in [2.24, 2.45) is 0 Å². The highest BCUT2D eigenvalue weighted by atomic mass is 16.5. The Morgan fingerprint density at radius 1 is 1.29 bits per heavy atom. The van der Waals surface area contributed by atoms with Crippen molar-refractivity contribution in [3.8, 4) is 0 Å². The first kappa shape index (κ1) is 17.1. The van der Waals surface area contributed by atoms with Gasteiger partial charge < -0.3 is 20.1 Å². The van der Waals surface area contributed by atoms with Gasteiger partial charge in [-0.05, 0) is 12.5 Å². The summed E-state index contributed by atoms with van der Waals surface area (Å²) < 4.78 is 5.29. The van der Waals surface area contributed by atoms with Crippen LogP contribution in [0.4, 0.5) is 5.95 Å².